The predicted octanol–water partition coefficient (Wildman–Crippen LogP) is -0.643. The van der Waals surface area contributed by atoms with E-state index in [9.17, 15) is 0 Å². The third-order valence-electron chi connectivity index (χ3n) is 0.964. The van der Waals surface area contributed by atoms with Gasteiger partial charge in [-0.05, 0) is 14.0 Å². The zero-order valence-corrected chi connectivity index (χ0v) is 5.10. The Kier molecular flexibility index (Phi) is 2.91. The number of hydrogen-bond donors (Lipinski definition) is 2. The van der Waals surface area contributed by atoms with Gasteiger partial charge in [-0.25, -0.2) is 5.01 Å². The first-order valence-corrected chi connectivity index (χ1v) is 2.34. The molecule has 0 saturated carbocycles. The molecule has 0 fully saturated rings. The van der Waals surface area contributed by atoms with Gasteiger partial charge in [0.15, 0.2) is 0 Å². The van der Waals surface area contributed by atoms with Crippen molar-refractivity contribution in [2.75, 3.05) is 14.1 Å². The minimum Gasteiger partial charge on any atom is -0.315 e. The molecule has 3 nitrogen and oxygen atoms in total. The molecule has 0 aromatic carbocycles. The monoisotopic (exact) mass is 103 g/mol. The summed E-state index contributed by atoms with van der Waals surface area (Å²) in [7, 11) is 3.73. The number of nitrogens with one attached hydrogen (secondary N) is 1. The summed E-state index contributed by atoms with van der Waals surface area (Å²) in [5, 5.41) is 1.82. The van der Waals surface area contributed by atoms with Crippen molar-refractivity contribution in [3.8, 4) is 0 Å². The van der Waals surface area contributed by atoms with Crippen LogP contribution >= 0.6 is 0 Å². The summed E-state index contributed by atoms with van der Waals surface area (Å²) >= 11 is 0. The van der Waals surface area contributed by atoms with Crippen LogP contribution in [0.3, 0.4) is 0 Å². The average Bonchev–Trinajstić information content (AvgIpc) is 1.65. The minimum absolute atomic E-state index is 0.0880. The van der Waals surface area contributed by atoms with Crippen LogP contribution in [0, 0.1) is 0 Å². The quantitative estimate of drug-likeness (QED) is 0.361. The van der Waals surface area contributed by atoms with Gasteiger partial charge in [-0.3, -0.25) is 5.43 Å². The highest BCUT2D eigenvalue weighted by molar-refractivity contribution is 4.43. The molecular weight excluding hydrogens is 90.1 g/mol. The topological polar surface area (TPSA) is 41.3 Å². The summed E-state index contributed by atoms with van der Waals surface area (Å²) < 4.78 is 0. The molecule has 0 unspecified atom stereocenters. The van der Waals surface area contributed by atoms with Crippen LogP contribution < -0.4 is 11.2 Å². The maximum absolute atomic E-state index is 5.41. The lowest BCUT2D eigenvalue weighted by atomic mass is 10.6. The maximum atomic E-state index is 5.41. The van der Waals surface area contributed by atoms with Gasteiger partial charge in [0, 0.05) is 7.05 Å². The second-order valence-electron chi connectivity index (χ2n) is 1.58. The first kappa shape index (κ1) is 6.88. The van der Waals surface area contributed by atoms with E-state index in [0.29, 0.717) is 0 Å². The lowest BCUT2D eigenvalue weighted by molar-refractivity contribution is 0.198. The standard InChI is InChI=1S/C4H13N3/c1-4(5)7(3)6-2/h4,6H,5H2,1-3H3/t4-/m0/s1. The second-order valence-corrected chi connectivity index (χ2v) is 1.58. The number of nitrogens with two attached hydrogens (primary N) is 1. The molecule has 7 heavy (non-hydrogen) atoms. The Balaban J connectivity index is 3.14. The van der Waals surface area contributed by atoms with E-state index in [4.69, 9.17) is 5.73 Å². The molecule has 0 heterocycles. The van der Waals surface area contributed by atoms with Gasteiger partial charge in [0.2, 0.25) is 0 Å². The van der Waals surface area contributed by atoms with Crippen molar-refractivity contribution in [2.45, 2.75) is 13.1 Å². The molecular formula is C4H13N3. The molecule has 0 amide bonds. The van der Waals surface area contributed by atoms with Crippen molar-refractivity contribution in [3.05, 3.63) is 0 Å². The SMILES string of the molecule is CNN(C)[C@@H](C)N. The van der Waals surface area contributed by atoms with Crippen molar-refractivity contribution in [1.82, 2.24) is 10.4 Å². The van der Waals surface area contributed by atoms with Crippen LogP contribution in [-0.4, -0.2) is 25.3 Å². The molecule has 0 aliphatic heterocycles. The molecule has 3 N–H and O–H groups in total. The normalized spacial score (nSPS) is 15.0. The summed E-state index contributed by atoms with van der Waals surface area (Å²) in [5.41, 5.74) is 8.28. The molecule has 0 aliphatic rings. The lowest BCUT2D eigenvalue weighted by Gasteiger charge is -2.18. The van der Waals surface area contributed by atoms with Gasteiger partial charge in [0.1, 0.15) is 0 Å². The van der Waals surface area contributed by atoms with Crippen LogP contribution in [0.1, 0.15) is 6.92 Å². The molecule has 44 valence electrons. The first-order chi connectivity index (χ1) is 3.18. The second kappa shape index (κ2) is 2.96. The number of nitrogens with zero attached hydrogens (tertiary/aromatic N) is 1. The van der Waals surface area contributed by atoms with E-state index in [1.54, 1.807) is 0 Å². The molecule has 1 atom stereocenters. The molecule has 0 radical (unpaired) electrons. The van der Waals surface area contributed by atoms with Crippen molar-refractivity contribution in [3.63, 3.8) is 0 Å². The average molecular weight is 103 g/mol. The predicted molar refractivity (Wildman–Crippen MR) is 30.5 cm³/mol. The van der Waals surface area contributed by atoms with E-state index in [-0.39, 0.29) is 6.17 Å². The molecule has 0 aromatic rings. The fourth-order valence-electron chi connectivity index (χ4n) is 0.204. The third-order valence-corrected chi connectivity index (χ3v) is 0.964. The zero-order chi connectivity index (χ0) is 5.86. The van der Waals surface area contributed by atoms with Gasteiger partial charge in [-0.1, -0.05) is 0 Å². The minimum atomic E-state index is 0.0880. The van der Waals surface area contributed by atoms with E-state index in [0.717, 1.165) is 0 Å². The smallest absolute Gasteiger partial charge is 0.0675 e. The van der Waals surface area contributed by atoms with Crippen molar-refractivity contribution >= 4 is 0 Å². The van der Waals surface area contributed by atoms with Crippen LogP contribution in [0.5, 0.6) is 0 Å². The molecule has 0 spiro atoms. The Hall–Kier alpha value is -0.120. The third kappa shape index (κ3) is 2.56. The lowest BCUT2D eigenvalue weighted by Crippen LogP contribution is -2.43. The van der Waals surface area contributed by atoms with Crippen LogP contribution in [0.15, 0.2) is 0 Å². The molecule has 0 rings (SSSR count). The Morgan fingerprint density at radius 2 is 2.14 bits per heavy atom. The van der Waals surface area contributed by atoms with Gasteiger partial charge in [-0.2, -0.15) is 0 Å². The van der Waals surface area contributed by atoms with Crippen molar-refractivity contribution in [2.24, 2.45) is 5.73 Å². The highest BCUT2D eigenvalue weighted by Crippen LogP contribution is 1.75. The van der Waals surface area contributed by atoms with E-state index in [2.05, 4.69) is 5.43 Å². The molecule has 0 saturated heterocycles. The van der Waals surface area contributed by atoms with E-state index in [1.807, 2.05) is 26.0 Å². The van der Waals surface area contributed by atoms with Crippen LogP contribution in [0.25, 0.3) is 0 Å². The summed E-state index contributed by atoms with van der Waals surface area (Å²) in [6, 6.07) is 0. The first-order valence-electron chi connectivity index (χ1n) is 2.34. The fourth-order valence-corrected chi connectivity index (χ4v) is 0.204. The van der Waals surface area contributed by atoms with E-state index < -0.39 is 0 Å². The number of hydrogen-bond acceptors (Lipinski definition) is 3. The van der Waals surface area contributed by atoms with Gasteiger partial charge in [0.05, 0.1) is 6.17 Å². The largest absolute Gasteiger partial charge is 0.315 e. The molecule has 0 bridgehead atoms. The van der Waals surface area contributed by atoms with Gasteiger partial charge < -0.3 is 5.73 Å². The molecule has 3 heteroatoms. The summed E-state index contributed by atoms with van der Waals surface area (Å²) in [6.45, 7) is 1.91. The van der Waals surface area contributed by atoms with Gasteiger partial charge >= 0.3 is 0 Å². The Labute approximate surface area is 44.5 Å². The number of rotatable bonds is 2. The Morgan fingerprint density at radius 1 is 1.71 bits per heavy atom. The fraction of sp³-hybridized carbons (Fsp3) is 1.00. The van der Waals surface area contributed by atoms with Crippen molar-refractivity contribution < 1.29 is 0 Å². The Morgan fingerprint density at radius 3 is 2.14 bits per heavy atom. The number of hydrazine groups is 1. The maximum Gasteiger partial charge on any atom is 0.0675 e. The van der Waals surface area contributed by atoms with Crippen LogP contribution in [-0.2, 0) is 0 Å². The van der Waals surface area contributed by atoms with E-state index >= 15 is 0 Å². The van der Waals surface area contributed by atoms with Gasteiger partial charge in [0.25, 0.3) is 0 Å². The van der Waals surface area contributed by atoms with Crippen LogP contribution in [0.4, 0.5) is 0 Å². The highest BCUT2D eigenvalue weighted by Gasteiger charge is 1.95. The van der Waals surface area contributed by atoms with Crippen LogP contribution in [0.2, 0.25) is 0 Å². The van der Waals surface area contributed by atoms with Gasteiger partial charge in [-0.15, -0.1) is 0 Å². The Bertz CT molecular complexity index is 44.2. The van der Waals surface area contributed by atoms with Crippen molar-refractivity contribution in [1.29, 1.82) is 0 Å². The zero-order valence-electron chi connectivity index (χ0n) is 5.10. The summed E-state index contributed by atoms with van der Waals surface area (Å²) in [4.78, 5) is 0. The summed E-state index contributed by atoms with van der Waals surface area (Å²) in [6.07, 6.45) is 0.0880. The van der Waals surface area contributed by atoms with E-state index in [1.165, 1.54) is 0 Å². The molecule has 0 aliphatic carbocycles. The molecule has 0 aromatic heterocycles. The highest BCUT2D eigenvalue weighted by atomic mass is 15.5. The summed E-state index contributed by atoms with van der Waals surface area (Å²) in [5.74, 6) is 0.